The highest BCUT2D eigenvalue weighted by Crippen LogP contribution is 2.30. The fourth-order valence-electron chi connectivity index (χ4n) is 3.41. The molecular formula is C22H28F3N4O+. The number of aromatic nitrogens is 1. The summed E-state index contributed by atoms with van der Waals surface area (Å²) in [4.78, 5) is 14.4. The van der Waals surface area contributed by atoms with Gasteiger partial charge in [-0.05, 0) is 63.9 Å². The van der Waals surface area contributed by atoms with Gasteiger partial charge in [0.1, 0.15) is 11.8 Å². The normalized spacial score (nSPS) is 12.6. The van der Waals surface area contributed by atoms with Gasteiger partial charge in [0.25, 0.3) is 5.91 Å². The molecule has 2 N–H and O–H groups in total. The highest BCUT2D eigenvalue weighted by atomic mass is 19.4. The maximum atomic E-state index is 12.9. The number of nitrogens with one attached hydrogen (secondary N) is 2. The van der Waals surface area contributed by atoms with Crippen molar-refractivity contribution in [2.45, 2.75) is 45.8 Å². The fraction of sp³-hybridized carbons (Fsp3) is 0.455. The van der Waals surface area contributed by atoms with E-state index in [4.69, 9.17) is 0 Å². The van der Waals surface area contributed by atoms with Gasteiger partial charge in [-0.2, -0.15) is 18.4 Å². The van der Waals surface area contributed by atoms with Gasteiger partial charge < -0.3 is 14.8 Å². The van der Waals surface area contributed by atoms with E-state index in [1.807, 2.05) is 13.0 Å². The highest BCUT2D eigenvalue weighted by molar-refractivity contribution is 5.96. The van der Waals surface area contributed by atoms with E-state index in [9.17, 15) is 23.2 Å². The van der Waals surface area contributed by atoms with E-state index < -0.39 is 17.6 Å². The lowest BCUT2D eigenvalue weighted by molar-refractivity contribution is -0.896. The number of nitrogens with zero attached hydrogens (tertiary/aromatic N) is 2. The second-order valence-electron chi connectivity index (χ2n) is 7.33. The molecule has 0 fully saturated rings. The minimum Gasteiger partial charge on any atom is -0.348 e. The molecule has 1 aromatic heterocycles. The van der Waals surface area contributed by atoms with E-state index in [2.05, 4.69) is 19.2 Å². The van der Waals surface area contributed by atoms with E-state index in [0.717, 1.165) is 44.6 Å². The van der Waals surface area contributed by atoms with Crippen LogP contribution in [0, 0.1) is 11.3 Å². The van der Waals surface area contributed by atoms with Crippen LogP contribution < -0.4 is 10.2 Å². The number of amides is 1. The summed E-state index contributed by atoms with van der Waals surface area (Å²) in [6.07, 6.45) is -1.15. The molecule has 1 atom stereocenters. The quantitative estimate of drug-likeness (QED) is 0.653. The van der Waals surface area contributed by atoms with Gasteiger partial charge in [-0.15, -0.1) is 0 Å². The molecule has 2 aromatic rings. The average Bonchev–Trinajstić information content (AvgIpc) is 3.15. The largest absolute Gasteiger partial charge is 0.416 e. The molecular weight excluding hydrogens is 393 g/mol. The Balaban J connectivity index is 2.14. The molecule has 1 amide bonds. The SMILES string of the molecule is CC[NH+](CC)CCC[C@@H](C)NC(=O)c1c(C#N)ccn1-c1ccc(C(F)(F)F)cc1. The van der Waals surface area contributed by atoms with Crippen molar-refractivity contribution in [1.82, 2.24) is 9.88 Å². The summed E-state index contributed by atoms with van der Waals surface area (Å²) in [5, 5.41) is 12.3. The summed E-state index contributed by atoms with van der Waals surface area (Å²) in [6.45, 7) is 9.34. The number of benzene rings is 1. The minimum atomic E-state index is -4.44. The summed E-state index contributed by atoms with van der Waals surface area (Å²) in [7, 11) is 0. The summed E-state index contributed by atoms with van der Waals surface area (Å²) in [6, 6.07) is 7.88. The maximum absolute atomic E-state index is 12.9. The second kappa shape index (κ2) is 10.3. The van der Waals surface area contributed by atoms with Gasteiger partial charge in [0.2, 0.25) is 0 Å². The lowest BCUT2D eigenvalue weighted by atomic mass is 10.1. The van der Waals surface area contributed by atoms with Crippen molar-refractivity contribution in [2.75, 3.05) is 19.6 Å². The summed E-state index contributed by atoms with van der Waals surface area (Å²) < 4.78 is 39.9. The number of quaternary nitrogens is 1. The zero-order valence-electron chi connectivity index (χ0n) is 17.5. The topological polar surface area (TPSA) is 62.3 Å². The zero-order valence-corrected chi connectivity index (χ0v) is 17.5. The molecule has 0 saturated carbocycles. The van der Waals surface area contributed by atoms with Gasteiger partial charge in [0.05, 0.1) is 30.8 Å². The Morgan fingerprint density at radius 1 is 1.20 bits per heavy atom. The summed E-state index contributed by atoms with van der Waals surface area (Å²) in [5.74, 6) is -0.417. The zero-order chi connectivity index (χ0) is 22.3. The standard InChI is InChI=1S/C22H27F3N4O/c1-4-28(5-2)13-6-7-16(3)27-21(30)20-17(15-26)12-14-29(20)19-10-8-18(9-11-19)22(23,24)25/h8-12,14,16H,4-7,13H2,1-3H3,(H,27,30)/p+1/t16-/m1/s1. The molecule has 0 unspecified atom stereocenters. The van der Waals surface area contributed by atoms with Crippen molar-refractivity contribution in [3.05, 3.63) is 53.3 Å². The molecule has 8 heteroatoms. The predicted molar refractivity (Wildman–Crippen MR) is 109 cm³/mol. The Hall–Kier alpha value is -2.79. The van der Waals surface area contributed by atoms with Crippen LogP contribution in [0.4, 0.5) is 13.2 Å². The van der Waals surface area contributed by atoms with Gasteiger partial charge in [-0.1, -0.05) is 0 Å². The molecule has 0 aliphatic rings. The van der Waals surface area contributed by atoms with Crippen LogP contribution in [0.5, 0.6) is 0 Å². The Bertz CT molecular complexity index is 877. The van der Waals surface area contributed by atoms with Crippen LogP contribution in [-0.4, -0.2) is 36.2 Å². The van der Waals surface area contributed by atoms with Gasteiger partial charge in [-0.25, -0.2) is 0 Å². The molecule has 2 rings (SSSR count). The fourth-order valence-corrected chi connectivity index (χ4v) is 3.41. The molecule has 0 aliphatic heterocycles. The first-order chi connectivity index (χ1) is 14.2. The lowest BCUT2D eigenvalue weighted by Crippen LogP contribution is -3.11. The van der Waals surface area contributed by atoms with E-state index in [-0.39, 0.29) is 17.3 Å². The molecule has 1 heterocycles. The number of rotatable bonds is 9. The molecule has 1 aromatic carbocycles. The molecule has 30 heavy (non-hydrogen) atoms. The van der Waals surface area contributed by atoms with Crippen molar-refractivity contribution in [3.8, 4) is 11.8 Å². The van der Waals surface area contributed by atoms with Crippen molar-refractivity contribution < 1.29 is 22.9 Å². The number of halogens is 3. The number of carbonyl (C=O) groups excluding carboxylic acids is 1. The molecule has 0 radical (unpaired) electrons. The Kier molecular flexibility index (Phi) is 8.07. The average molecular weight is 421 g/mol. The number of hydrogen-bond donors (Lipinski definition) is 2. The first-order valence-electron chi connectivity index (χ1n) is 10.1. The number of alkyl halides is 3. The second-order valence-corrected chi connectivity index (χ2v) is 7.33. The monoisotopic (exact) mass is 421 g/mol. The van der Waals surface area contributed by atoms with Crippen LogP contribution in [-0.2, 0) is 6.18 Å². The van der Waals surface area contributed by atoms with Crippen molar-refractivity contribution in [1.29, 1.82) is 5.26 Å². The van der Waals surface area contributed by atoms with Crippen molar-refractivity contribution in [3.63, 3.8) is 0 Å². The summed E-state index contributed by atoms with van der Waals surface area (Å²) in [5.41, 5.74) is -0.0908. The third-order valence-electron chi connectivity index (χ3n) is 5.24. The Labute approximate surface area is 175 Å². The van der Waals surface area contributed by atoms with Crippen LogP contribution in [0.1, 0.15) is 55.2 Å². The van der Waals surface area contributed by atoms with Gasteiger partial charge in [-0.3, -0.25) is 4.79 Å². The van der Waals surface area contributed by atoms with Crippen LogP contribution in [0.2, 0.25) is 0 Å². The highest BCUT2D eigenvalue weighted by Gasteiger charge is 2.30. The minimum absolute atomic E-state index is 0.0880. The van der Waals surface area contributed by atoms with Gasteiger partial charge in [0, 0.05) is 17.9 Å². The molecule has 0 spiro atoms. The molecule has 0 aliphatic carbocycles. The van der Waals surface area contributed by atoms with Crippen molar-refractivity contribution >= 4 is 5.91 Å². The third kappa shape index (κ3) is 5.86. The van der Waals surface area contributed by atoms with E-state index in [1.165, 1.54) is 33.9 Å². The van der Waals surface area contributed by atoms with Gasteiger partial charge in [0.15, 0.2) is 0 Å². The van der Waals surface area contributed by atoms with E-state index >= 15 is 0 Å². The Morgan fingerprint density at radius 3 is 2.37 bits per heavy atom. The van der Waals surface area contributed by atoms with Crippen molar-refractivity contribution in [2.24, 2.45) is 0 Å². The van der Waals surface area contributed by atoms with Crippen LogP contribution in [0.25, 0.3) is 5.69 Å². The first kappa shape index (κ1) is 23.5. The third-order valence-corrected chi connectivity index (χ3v) is 5.24. The lowest BCUT2D eigenvalue weighted by Gasteiger charge is -2.18. The molecule has 162 valence electrons. The predicted octanol–water partition coefficient (Wildman–Crippen LogP) is 3.19. The number of nitriles is 1. The van der Waals surface area contributed by atoms with Gasteiger partial charge >= 0.3 is 6.18 Å². The maximum Gasteiger partial charge on any atom is 0.416 e. The first-order valence-corrected chi connectivity index (χ1v) is 10.1. The molecule has 0 bridgehead atoms. The smallest absolute Gasteiger partial charge is 0.348 e. The Morgan fingerprint density at radius 2 is 1.83 bits per heavy atom. The van der Waals surface area contributed by atoms with Crippen LogP contribution >= 0.6 is 0 Å². The van der Waals surface area contributed by atoms with E-state index in [0.29, 0.717) is 5.69 Å². The number of carbonyl (C=O) groups is 1. The molecule has 5 nitrogen and oxygen atoms in total. The van der Waals surface area contributed by atoms with Crippen LogP contribution in [0.3, 0.4) is 0 Å². The van der Waals surface area contributed by atoms with Crippen LogP contribution in [0.15, 0.2) is 36.5 Å². The van der Waals surface area contributed by atoms with E-state index in [1.54, 1.807) is 0 Å². The molecule has 0 saturated heterocycles. The number of hydrogen-bond acceptors (Lipinski definition) is 2. The summed E-state index contributed by atoms with van der Waals surface area (Å²) >= 11 is 0.